The van der Waals surface area contributed by atoms with Gasteiger partial charge in [0, 0.05) is 29.4 Å². The predicted octanol–water partition coefficient (Wildman–Crippen LogP) is 2.03. The van der Waals surface area contributed by atoms with Crippen molar-refractivity contribution in [1.82, 2.24) is 20.1 Å². The molecule has 2 unspecified atom stereocenters. The molecular weight excluding hydrogens is 370 g/mol. The second-order valence-corrected chi connectivity index (χ2v) is 9.08. The van der Waals surface area contributed by atoms with E-state index in [1.54, 1.807) is 6.20 Å². The SMILES string of the molecule is NC(=O)c1noc(-c2cnc3[nH]ccc3c2NC2C3CC4CC2CC(N)(C4)C3)n1. The number of anilines is 1. The number of aromatic amines is 1. The van der Waals surface area contributed by atoms with Crippen LogP contribution in [0.1, 0.15) is 42.7 Å². The molecule has 3 heterocycles. The lowest BCUT2D eigenvalue weighted by Crippen LogP contribution is -2.62. The smallest absolute Gasteiger partial charge is 0.290 e. The van der Waals surface area contributed by atoms with Crippen LogP contribution in [0.4, 0.5) is 5.69 Å². The highest BCUT2D eigenvalue weighted by Crippen LogP contribution is 2.55. The third-order valence-corrected chi connectivity index (χ3v) is 7.09. The monoisotopic (exact) mass is 393 g/mol. The van der Waals surface area contributed by atoms with Crippen LogP contribution < -0.4 is 16.8 Å². The minimum absolute atomic E-state index is 0.0159. The van der Waals surface area contributed by atoms with Gasteiger partial charge >= 0.3 is 0 Å². The van der Waals surface area contributed by atoms with Crippen molar-refractivity contribution in [3.63, 3.8) is 0 Å². The molecule has 1 amide bonds. The molecule has 4 aliphatic carbocycles. The second kappa shape index (κ2) is 5.79. The maximum atomic E-state index is 11.4. The fraction of sp³-hybridized carbons (Fsp3) is 0.500. The van der Waals surface area contributed by atoms with Gasteiger partial charge in [-0.3, -0.25) is 4.79 Å². The molecule has 6 N–H and O–H groups in total. The van der Waals surface area contributed by atoms with Crippen molar-refractivity contribution >= 4 is 22.6 Å². The fourth-order valence-electron chi connectivity index (χ4n) is 6.25. The Kier molecular flexibility index (Phi) is 3.39. The van der Waals surface area contributed by atoms with Crippen molar-refractivity contribution in [2.75, 3.05) is 5.32 Å². The topological polar surface area (TPSA) is 149 Å². The molecule has 0 radical (unpaired) electrons. The first kappa shape index (κ1) is 17.0. The van der Waals surface area contributed by atoms with Crippen LogP contribution in [0.2, 0.25) is 0 Å². The molecule has 3 aromatic heterocycles. The third-order valence-electron chi connectivity index (χ3n) is 7.09. The number of nitrogens with one attached hydrogen (secondary N) is 2. The lowest BCUT2D eigenvalue weighted by atomic mass is 9.51. The van der Waals surface area contributed by atoms with Crippen molar-refractivity contribution in [3.8, 4) is 11.5 Å². The molecule has 9 nitrogen and oxygen atoms in total. The van der Waals surface area contributed by atoms with Crippen molar-refractivity contribution < 1.29 is 9.32 Å². The first-order valence-electron chi connectivity index (χ1n) is 10.1. The van der Waals surface area contributed by atoms with E-state index in [-0.39, 0.29) is 17.3 Å². The van der Waals surface area contributed by atoms with E-state index in [1.807, 2.05) is 12.3 Å². The molecule has 9 heteroatoms. The summed E-state index contributed by atoms with van der Waals surface area (Å²) < 4.78 is 5.33. The standard InChI is InChI=1S/C20H23N7O2/c21-16(28)18-26-19(29-27-18)13-8-24-17-12(1-2-23-17)15(13)25-14-10-3-9-4-11(14)7-20(22,5-9)6-10/h1-2,8-11,14H,3-7,22H2,(H2,21,28)(H2,23,24,25). The number of rotatable bonds is 4. The van der Waals surface area contributed by atoms with Crippen molar-refractivity contribution in [2.45, 2.75) is 43.7 Å². The molecule has 3 aromatic rings. The van der Waals surface area contributed by atoms with E-state index in [0.717, 1.165) is 35.5 Å². The summed E-state index contributed by atoms with van der Waals surface area (Å²) in [5.41, 5.74) is 14.3. The predicted molar refractivity (Wildman–Crippen MR) is 106 cm³/mol. The van der Waals surface area contributed by atoms with E-state index in [1.165, 1.54) is 19.3 Å². The molecule has 29 heavy (non-hydrogen) atoms. The van der Waals surface area contributed by atoms with Crippen LogP contribution in [0.15, 0.2) is 23.0 Å². The third kappa shape index (κ3) is 2.57. The zero-order chi connectivity index (χ0) is 19.8. The van der Waals surface area contributed by atoms with Crippen molar-refractivity contribution in [2.24, 2.45) is 29.2 Å². The van der Waals surface area contributed by atoms with Crippen LogP contribution in [0.25, 0.3) is 22.5 Å². The van der Waals surface area contributed by atoms with Crippen LogP contribution in [0, 0.1) is 17.8 Å². The summed E-state index contributed by atoms with van der Waals surface area (Å²) in [4.78, 5) is 23.2. The Morgan fingerprint density at radius 2 is 2.07 bits per heavy atom. The summed E-state index contributed by atoms with van der Waals surface area (Å²) in [6.07, 6.45) is 9.34. The average molecular weight is 393 g/mol. The Balaban J connectivity index is 1.42. The van der Waals surface area contributed by atoms with E-state index in [0.29, 0.717) is 23.4 Å². The van der Waals surface area contributed by atoms with Crippen LogP contribution in [0.5, 0.6) is 0 Å². The van der Waals surface area contributed by atoms with Crippen LogP contribution in [-0.2, 0) is 0 Å². The van der Waals surface area contributed by atoms with Crippen LogP contribution >= 0.6 is 0 Å². The summed E-state index contributed by atoms with van der Waals surface area (Å²) in [5, 5.41) is 8.46. The summed E-state index contributed by atoms with van der Waals surface area (Å²) in [6, 6.07) is 2.33. The van der Waals surface area contributed by atoms with Crippen molar-refractivity contribution in [1.29, 1.82) is 0 Å². The Bertz CT molecular complexity index is 1100. The van der Waals surface area contributed by atoms with Crippen molar-refractivity contribution in [3.05, 3.63) is 24.3 Å². The molecule has 150 valence electrons. The zero-order valence-corrected chi connectivity index (χ0v) is 15.9. The van der Waals surface area contributed by atoms with Gasteiger partial charge in [-0.1, -0.05) is 5.16 Å². The van der Waals surface area contributed by atoms with E-state index in [2.05, 4.69) is 25.4 Å². The van der Waals surface area contributed by atoms with Gasteiger partial charge in [0.15, 0.2) is 0 Å². The van der Waals surface area contributed by atoms with E-state index in [9.17, 15) is 4.79 Å². The van der Waals surface area contributed by atoms with Gasteiger partial charge in [-0.25, -0.2) is 4.98 Å². The highest BCUT2D eigenvalue weighted by molar-refractivity contribution is 5.97. The maximum absolute atomic E-state index is 11.4. The zero-order valence-electron chi connectivity index (χ0n) is 15.9. The minimum atomic E-state index is -0.723. The molecule has 0 aromatic carbocycles. The molecular formula is C20H23N7O2. The first-order chi connectivity index (χ1) is 14.0. The Hall–Kier alpha value is -2.94. The van der Waals surface area contributed by atoms with Crippen LogP contribution in [0.3, 0.4) is 0 Å². The summed E-state index contributed by atoms with van der Waals surface area (Å²) in [6.45, 7) is 0. The maximum Gasteiger partial charge on any atom is 0.290 e. The molecule has 0 spiro atoms. The second-order valence-electron chi connectivity index (χ2n) is 9.08. The first-order valence-corrected chi connectivity index (χ1v) is 10.1. The number of nitrogens with zero attached hydrogens (tertiary/aromatic N) is 3. The summed E-state index contributed by atoms with van der Waals surface area (Å²) >= 11 is 0. The lowest BCUT2D eigenvalue weighted by molar-refractivity contribution is -0.0107. The summed E-state index contributed by atoms with van der Waals surface area (Å²) in [5.74, 6) is 1.25. The molecule has 0 aliphatic heterocycles. The average Bonchev–Trinajstić information content (AvgIpc) is 3.32. The molecule has 4 fully saturated rings. The fourth-order valence-corrected chi connectivity index (χ4v) is 6.25. The van der Waals surface area contributed by atoms with Gasteiger partial charge in [-0.15, -0.1) is 0 Å². The number of carbonyl (C=O) groups is 1. The highest BCUT2D eigenvalue weighted by atomic mass is 16.5. The van der Waals surface area contributed by atoms with Gasteiger partial charge in [0.2, 0.25) is 0 Å². The molecule has 0 saturated heterocycles. The normalized spacial score (nSPS) is 32.7. The molecule has 4 saturated carbocycles. The number of primary amides is 1. The molecule has 7 rings (SSSR count). The van der Waals surface area contributed by atoms with Gasteiger partial charge < -0.3 is 26.3 Å². The number of carbonyl (C=O) groups excluding carboxylic acids is 1. The number of hydrogen-bond acceptors (Lipinski definition) is 7. The van der Waals surface area contributed by atoms with Crippen LogP contribution in [-0.4, -0.2) is 37.6 Å². The van der Waals surface area contributed by atoms with E-state index in [4.69, 9.17) is 16.0 Å². The summed E-state index contributed by atoms with van der Waals surface area (Å²) in [7, 11) is 0. The quantitative estimate of drug-likeness (QED) is 0.530. The number of nitrogens with two attached hydrogens (primary N) is 2. The number of hydrogen-bond donors (Lipinski definition) is 4. The number of aromatic nitrogens is 4. The number of fused-ring (bicyclic) bond motifs is 1. The highest BCUT2D eigenvalue weighted by Gasteiger charge is 2.53. The van der Waals surface area contributed by atoms with Gasteiger partial charge in [-0.05, 0) is 55.9 Å². The lowest BCUT2D eigenvalue weighted by Gasteiger charge is -2.59. The van der Waals surface area contributed by atoms with E-state index >= 15 is 0 Å². The van der Waals surface area contributed by atoms with Gasteiger partial charge in [0.1, 0.15) is 5.65 Å². The number of H-pyrrole nitrogens is 1. The molecule has 2 atom stereocenters. The Morgan fingerprint density at radius 1 is 1.28 bits per heavy atom. The minimum Gasteiger partial charge on any atom is -0.380 e. The molecule has 4 aliphatic rings. The Morgan fingerprint density at radius 3 is 2.76 bits per heavy atom. The number of amides is 1. The van der Waals surface area contributed by atoms with E-state index < -0.39 is 5.91 Å². The van der Waals surface area contributed by atoms with Gasteiger partial charge in [-0.2, -0.15) is 4.98 Å². The van der Waals surface area contributed by atoms with Gasteiger partial charge in [0.25, 0.3) is 17.6 Å². The van der Waals surface area contributed by atoms with Gasteiger partial charge in [0.05, 0.1) is 11.3 Å². The number of pyridine rings is 1. The Labute approximate surface area is 166 Å². The molecule has 4 bridgehead atoms. The largest absolute Gasteiger partial charge is 0.380 e.